The minimum absolute atomic E-state index is 0.0535. The van der Waals surface area contributed by atoms with Crippen molar-refractivity contribution in [1.29, 1.82) is 10.5 Å². The van der Waals surface area contributed by atoms with Gasteiger partial charge in [-0.15, -0.1) is 0 Å². The molecule has 0 aromatic heterocycles. The molecule has 9 heteroatoms. The van der Waals surface area contributed by atoms with Crippen molar-refractivity contribution in [3.05, 3.63) is 23.8 Å². The molecule has 22 heavy (non-hydrogen) atoms. The fourth-order valence-electron chi connectivity index (χ4n) is 2.03. The quantitative estimate of drug-likeness (QED) is 0.667. The van der Waals surface area contributed by atoms with Gasteiger partial charge in [0.05, 0.1) is 5.69 Å². The Morgan fingerprint density at radius 1 is 1.32 bits per heavy atom. The molecule has 1 aliphatic heterocycles. The number of hydrogen-bond donors (Lipinski definition) is 1. The number of nitrogens with one attached hydrogen (secondary N) is 1. The summed E-state index contributed by atoms with van der Waals surface area (Å²) >= 11 is 0. The summed E-state index contributed by atoms with van der Waals surface area (Å²) in [5.74, 6) is -1.90. The second-order valence-corrected chi connectivity index (χ2v) is 4.34. The number of amides is 1. The summed E-state index contributed by atoms with van der Waals surface area (Å²) in [6.45, 7) is -0.0535. The van der Waals surface area contributed by atoms with E-state index in [0.717, 1.165) is 0 Å². The van der Waals surface area contributed by atoms with E-state index in [1.165, 1.54) is 18.2 Å². The van der Waals surface area contributed by atoms with E-state index in [2.05, 4.69) is 10.5 Å². The Kier molecular flexibility index (Phi) is 4.00. The minimum Gasteiger partial charge on any atom is -0.304 e. The number of hydrazone groups is 1. The van der Waals surface area contributed by atoms with Crippen molar-refractivity contribution in [1.82, 2.24) is 0 Å². The Bertz CT molecular complexity index is 711. The molecule has 112 valence electrons. The molecule has 0 bridgehead atoms. The Balaban J connectivity index is 2.22. The number of hydrogen-bond acceptors (Lipinski definition) is 5. The highest BCUT2D eigenvalue weighted by molar-refractivity contribution is 6.10. The zero-order valence-electron chi connectivity index (χ0n) is 11.0. The molecule has 1 N–H and O–H groups in total. The van der Waals surface area contributed by atoms with Crippen molar-refractivity contribution in [2.75, 3.05) is 16.9 Å². The van der Waals surface area contributed by atoms with Crippen molar-refractivity contribution in [3.63, 3.8) is 0 Å². The fraction of sp³-hybridized carbons (Fsp3) is 0.231. The molecule has 6 nitrogen and oxygen atoms in total. The summed E-state index contributed by atoms with van der Waals surface area (Å²) in [5.41, 5.74) is 3.23. The smallest absolute Gasteiger partial charge is 0.304 e. The van der Waals surface area contributed by atoms with Crippen LogP contribution in [0.5, 0.6) is 0 Å². The van der Waals surface area contributed by atoms with Crippen LogP contribution in [0.15, 0.2) is 23.3 Å². The van der Waals surface area contributed by atoms with Crippen LogP contribution in [-0.4, -0.2) is 24.3 Å². The van der Waals surface area contributed by atoms with Crippen molar-refractivity contribution in [2.24, 2.45) is 5.10 Å². The first-order valence-electron chi connectivity index (χ1n) is 6.02. The molecule has 1 aromatic rings. The van der Waals surface area contributed by atoms with Crippen LogP contribution < -0.4 is 10.3 Å². The van der Waals surface area contributed by atoms with Crippen LogP contribution in [-0.2, 0) is 11.2 Å². The molecule has 2 rings (SSSR count). The number of halogens is 3. The van der Waals surface area contributed by atoms with Gasteiger partial charge in [-0.05, 0) is 30.2 Å². The van der Waals surface area contributed by atoms with Crippen molar-refractivity contribution in [2.45, 2.75) is 12.6 Å². The first-order chi connectivity index (χ1) is 10.4. The van der Waals surface area contributed by atoms with E-state index in [1.807, 2.05) is 0 Å². The first-order valence-corrected chi connectivity index (χ1v) is 6.02. The molecular formula is C13H8F3N5O. The van der Waals surface area contributed by atoms with Gasteiger partial charge in [-0.25, -0.2) is 0 Å². The number of fused-ring (bicyclic) bond motifs is 1. The lowest BCUT2D eigenvalue weighted by atomic mass is 10.1. The van der Waals surface area contributed by atoms with Gasteiger partial charge in [-0.3, -0.25) is 10.2 Å². The maximum atomic E-state index is 12.5. The summed E-state index contributed by atoms with van der Waals surface area (Å²) < 4.78 is 37.4. The maximum absolute atomic E-state index is 12.5. The number of anilines is 2. The van der Waals surface area contributed by atoms with Crippen molar-refractivity contribution in [3.8, 4) is 12.1 Å². The Morgan fingerprint density at radius 3 is 2.59 bits per heavy atom. The maximum Gasteiger partial charge on any atom is 0.471 e. The monoisotopic (exact) mass is 307 g/mol. The van der Waals surface area contributed by atoms with Gasteiger partial charge in [0, 0.05) is 12.2 Å². The van der Waals surface area contributed by atoms with Gasteiger partial charge >= 0.3 is 12.1 Å². The normalized spacial score (nSPS) is 12.9. The second kappa shape index (κ2) is 5.74. The van der Waals surface area contributed by atoms with Gasteiger partial charge in [0.25, 0.3) is 0 Å². The number of benzene rings is 1. The van der Waals surface area contributed by atoms with Gasteiger partial charge in [0.2, 0.25) is 5.71 Å². The molecule has 0 atom stereocenters. The molecule has 0 fully saturated rings. The van der Waals surface area contributed by atoms with Crippen LogP contribution >= 0.6 is 0 Å². The Morgan fingerprint density at radius 2 is 2.00 bits per heavy atom. The third-order valence-corrected chi connectivity index (χ3v) is 2.97. The van der Waals surface area contributed by atoms with Crippen molar-refractivity contribution >= 4 is 23.0 Å². The van der Waals surface area contributed by atoms with E-state index in [9.17, 15) is 18.0 Å². The molecule has 0 aliphatic carbocycles. The van der Waals surface area contributed by atoms with Gasteiger partial charge in [-0.2, -0.15) is 28.8 Å². The average molecular weight is 307 g/mol. The van der Waals surface area contributed by atoms with E-state index in [1.54, 1.807) is 12.1 Å². The van der Waals surface area contributed by atoms with Crippen LogP contribution in [0.1, 0.15) is 5.56 Å². The second-order valence-electron chi connectivity index (χ2n) is 4.34. The third kappa shape index (κ3) is 2.99. The number of nitriles is 2. The molecule has 1 aromatic carbocycles. The van der Waals surface area contributed by atoms with E-state index in [4.69, 9.17) is 10.5 Å². The minimum atomic E-state index is -4.92. The van der Waals surface area contributed by atoms with E-state index in [-0.39, 0.29) is 24.4 Å². The first kappa shape index (κ1) is 15.3. The molecule has 1 heterocycles. The van der Waals surface area contributed by atoms with Gasteiger partial charge in [0.15, 0.2) is 0 Å². The van der Waals surface area contributed by atoms with Crippen LogP contribution in [0, 0.1) is 22.7 Å². The number of carbonyl (C=O) groups is 1. The van der Waals surface area contributed by atoms with Crippen LogP contribution in [0.3, 0.4) is 0 Å². The lowest BCUT2D eigenvalue weighted by Gasteiger charge is -2.18. The highest BCUT2D eigenvalue weighted by Gasteiger charge is 2.44. The summed E-state index contributed by atoms with van der Waals surface area (Å²) in [6, 6.07) is 7.42. The molecule has 0 spiro atoms. The summed E-state index contributed by atoms with van der Waals surface area (Å²) in [5, 5.41) is 20.6. The Labute approximate surface area is 123 Å². The molecule has 1 aliphatic rings. The molecule has 0 saturated heterocycles. The average Bonchev–Trinajstić information content (AvgIpc) is 2.89. The highest BCUT2D eigenvalue weighted by Crippen LogP contribution is 2.33. The van der Waals surface area contributed by atoms with Crippen LogP contribution in [0.2, 0.25) is 0 Å². The third-order valence-electron chi connectivity index (χ3n) is 2.97. The molecule has 0 unspecified atom stereocenters. The van der Waals surface area contributed by atoms with Crippen LogP contribution in [0.4, 0.5) is 24.5 Å². The number of rotatable bonds is 2. The van der Waals surface area contributed by atoms with Crippen LogP contribution in [0.25, 0.3) is 0 Å². The predicted octanol–water partition coefficient (Wildman–Crippen LogP) is 1.95. The number of alkyl halides is 3. The van der Waals surface area contributed by atoms with Crippen molar-refractivity contribution < 1.29 is 18.0 Å². The molecule has 0 radical (unpaired) electrons. The zero-order valence-corrected chi connectivity index (χ0v) is 11.0. The Hall–Kier alpha value is -3.07. The molecule has 1 amide bonds. The fourth-order valence-corrected chi connectivity index (χ4v) is 2.03. The van der Waals surface area contributed by atoms with Gasteiger partial charge < -0.3 is 4.90 Å². The van der Waals surface area contributed by atoms with E-state index >= 15 is 0 Å². The van der Waals surface area contributed by atoms with E-state index in [0.29, 0.717) is 16.2 Å². The highest BCUT2D eigenvalue weighted by atomic mass is 19.4. The van der Waals surface area contributed by atoms with E-state index < -0.39 is 12.1 Å². The zero-order chi connectivity index (χ0) is 16.3. The lowest BCUT2D eigenvalue weighted by Crippen LogP contribution is -2.40. The number of nitrogens with zero attached hydrogens (tertiary/aromatic N) is 4. The summed E-state index contributed by atoms with van der Waals surface area (Å²) in [7, 11) is 0. The summed E-state index contributed by atoms with van der Waals surface area (Å²) in [6.07, 6.45) is -4.64. The number of carbonyl (C=O) groups excluding carboxylic acids is 1. The topological polar surface area (TPSA) is 92.3 Å². The summed E-state index contributed by atoms with van der Waals surface area (Å²) in [4.78, 5) is 12.0. The largest absolute Gasteiger partial charge is 0.471 e. The van der Waals surface area contributed by atoms with Gasteiger partial charge in [-0.1, -0.05) is 0 Å². The molecule has 0 saturated carbocycles. The predicted molar refractivity (Wildman–Crippen MR) is 70.8 cm³/mol. The standard InChI is InChI=1S/C13H8F3N5O/c14-13(15,16)12(22)21-4-3-8-5-9(1-2-11(8)21)19-20-10(6-17)7-18/h1-2,5,19H,3-4H2. The SMILES string of the molecule is N#CC(C#N)=NNc1ccc2c(c1)CCN2C(=O)C(F)(F)F. The molecular weight excluding hydrogens is 299 g/mol. The van der Waals surface area contributed by atoms with Gasteiger partial charge in [0.1, 0.15) is 12.1 Å². The lowest BCUT2D eigenvalue weighted by molar-refractivity contribution is -0.170.